The molecule has 0 radical (unpaired) electrons. The van der Waals surface area contributed by atoms with Crippen molar-refractivity contribution in [1.29, 1.82) is 5.26 Å². The van der Waals surface area contributed by atoms with E-state index < -0.39 is 0 Å². The van der Waals surface area contributed by atoms with Crippen LogP contribution in [0, 0.1) is 11.3 Å². The Morgan fingerprint density at radius 3 is 2.76 bits per heavy atom. The third-order valence-corrected chi connectivity index (χ3v) is 3.78. The molecule has 3 nitrogen and oxygen atoms in total. The van der Waals surface area contributed by atoms with Gasteiger partial charge in [0.25, 0.3) is 0 Å². The lowest BCUT2D eigenvalue weighted by atomic mass is 9.85. The summed E-state index contributed by atoms with van der Waals surface area (Å²) in [6, 6.07) is 10.4. The number of hydrogen-bond donors (Lipinski definition) is 1. The van der Waals surface area contributed by atoms with E-state index in [-0.39, 0.29) is 5.76 Å². The highest BCUT2D eigenvalue weighted by Crippen LogP contribution is 2.37. The van der Waals surface area contributed by atoms with E-state index in [9.17, 15) is 10.4 Å². The number of aliphatic imine (C=N–C) groups is 1. The van der Waals surface area contributed by atoms with Crippen molar-refractivity contribution in [2.24, 2.45) is 4.99 Å². The Hall–Kier alpha value is -2.34. The van der Waals surface area contributed by atoms with Crippen molar-refractivity contribution in [3.05, 3.63) is 52.8 Å². The van der Waals surface area contributed by atoms with Gasteiger partial charge in [0.15, 0.2) is 0 Å². The predicted molar refractivity (Wildman–Crippen MR) is 85.9 cm³/mol. The fraction of sp³-hybridized carbons (Fsp3) is 0.333. The summed E-state index contributed by atoms with van der Waals surface area (Å²) in [6.45, 7) is 5.60. The maximum Gasteiger partial charge on any atom is 0.101 e. The number of benzene rings is 1. The average molecular weight is 280 g/mol. The van der Waals surface area contributed by atoms with Crippen LogP contribution in [-0.4, -0.2) is 10.8 Å². The van der Waals surface area contributed by atoms with Crippen molar-refractivity contribution in [2.75, 3.05) is 0 Å². The maximum absolute atomic E-state index is 9.47. The van der Waals surface area contributed by atoms with Crippen LogP contribution in [0.1, 0.15) is 45.1 Å². The maximum atomic E-state index is 9.47. The molecule has 0 saturated carbocycles. The largest absolute Gasteiger partial charge is 0.513 e. The van der Waals surface area contributed by atoms with Crippen molar-refractivity contribution < 1.29 is 5.11 Å². The topological polar surface area (TPSA) is 56.4 Å². The molecule has 0 bridgehead atoms. The first kappa shape index (κ1) is 15.1. The molecule has 1 aromatic rings. The van der Waals surface area contributed by atoms with Gasteiger partial charge in [0.05, 0.1) is 22.7 Å². The third-order valence-electron chi connectivity index (χ3n) is 3.78. The Morgan fingerprint density at radius 1 is 1.43 bits per heavy atom. The van der Waals surface area contributed by atoms with Crippen LogP contribution in [0.3, 0.4) is 0 Å². The van der Waals surface area contributed by atoms with Gasteiger partial charge in [-0.1, -0.05) is 25.1 Å². The first-order valence-electron chi connectivity index (χ1n) is 7.21. The molecule has 1 aliphatic rings. The molecule has 1 unspecified atom stereocenters. The molecular weight excluding hydrogens is 260 g/mol. The van der Waals surface area contributed by atoms with Gasteiger partial charge in [0.2, 0.25) is 0 Å². The first-order valence-corrected chi connectivity index (χ1v) is 7.21. The fourth-order valence-electron chi connectivity index (χ4n) is 2.76. The number of allylic oxidation sites excluding steroid dienone is 4. The molecular formula is C18H20N2O. The quantitative estimate of drug-likeness (QED) is 0.483. The molecule has 0 saturated heterocycles. The summed E-state index contributed by atoms with van der Waals surface area (Å²) in [5.41, 5.74) is 4.35. The van der Waals surface area contributed by atoms with E-state index in [0.29, 0.717) is 11.5 Å². The number of hydrogen-bond acceptors (Lipinski definition) is 3. The zero-order valence-electron chi connectivity index (χ0n) is 12.7. The molecule has 2 rings (SSSR count). The monoisotopic (exact) mass is 280 g/mol. The molecule has 0 aliphatic carbocycles. The van der Waals surface area contributed by atoms with Crippen molar-refractivity contribution in [3.8, 4) is 6.07 Å². The van der Waals surface area contributed by atoms with Gasteiger partial charge in [0.1, 0.15) is 6.07 Å². The molecule has 0 spiro atoms. The van der Waals surface area contributed by atoms with E-state index in [2.05, 4.69) is 24.1 Å². The SMILES string of the molecule is CCC1CC(/C(C#N)=C(C)\C=C(/C)O)=Nc2ccccc21. The van der Waals surface area contributed by atoms with Crippen LogP contribution in [0.2, 0.25) is 0 Å². The standard InChI is InChI=1S/C18H20N2O/c1-4-14-10-18(16(11-19)12(2)9-13(3)21)20-17-8-6-5-7-15(14)17/h5-9,14,21H,4,10H2,1-3H3/b13-9+,16-12-. The Morgan fingerprint density at radius 2 is 2.14 bits per heavy atom. The van der Waals surface area contributed by atoms with Gasteiger partial charge in [-0.15, -0.1) is 0 Å². The molecule has 0 aromatic heterocycles. The van der Waals surface area contributed by atoms with E-state index in [4.69, 9.17) is 0 Å². The lowest BCUT2D eigenvalue weighted by molar-refractivity contribution is 0.414. The van der Waals surface area contributed by atoms with E-state index in [1.54, 1.807) is 13.0 Å². The van der Waals surface area contributed by atoms with Crippen LogP contribution in [0.5, 0.6) is 0 Å². The van der Waals surface area contributed by atoms with E-state index in [1.807, 2.05) is 25.1 Å². The number of rotatable bonds is 3. The number of nitriles is 1. The van der Waals surface area contributed by atoms with Crippen LogP contribution in [-0.2, 0) is 0 Å². The lowest BCUT2D eigenvalue weighted by Gasteiger charge is -2.24. The fourth-order valence-corrected chi connectivity index (χ4v) is 2.76. The Balaban J connectivity index is 2.53. The summed E-state index contributed by atoms with van der Waals surface area (Å²) in [5, 5.41) is 18.9. The second kappa shape index (κ2) is 6.41. The third kappa shape index (κ3) is 3.22. The van der Waals surface area contributed by atoms with Gasteiger partial charge in [-0.3, -0.25) is 4.99 Å². The summed E-state index contributed by atoms with van der Waals surface area (Å²) in [5.74, 6) is 0.591. The van der Waals surface area contributed by atoms with Crippen LogP contribution in [0.15, 0.2) is 52.2 Å². The van der Waals surface area contributed by atoms with Crippen LogP contribution >= 0.6 is 0 Å². The molecule has 3 heteroatoms. The molecule has 0 fully saturated rings. The normalized spacial score (nSPS) is 19.2. The zero-order valence-corrected chi connectivity index (χ0v) is 12.7. The minimum atomic E-state index is 0.198. The summed E-state index contributed by atoms with van der Waals surface area (Å²) >= 11 is 0. The minimum Gasteiger partial charge on any atom is -0.513 e. The van der Waals surface area contributed by atoms with Crippen molar-refractivity contribution in [3.63, 3.8) is 0 Å². The lowest BCUT2D eigenvalue weighted by Crippen LogP contribution is -2.14. The van der Waals surface area contributed by atoms with Gasteiger partial charge < -0.3 is 5.11 Å². The number of aliphatic hydroxyl groups excluding tert-OH is 1. The Bertz CT molecular complexity index is 671. The number of nitrogens with zero attached hydrogens (tertiary/aromatic N) is 2. The number of para-hydroxylation sites is 1. The molecule has 1 aromatic carbocycles. The molecule has 21 heavy (non-hydrogen) atoms. The zero-order chi connectivity index (χ0) is 15.4. The second-order valence-electron chi connectivity index (χ2n) is 5.38. The van der Waals surface area contributed by atoms with Crippen LogP contribution < -0.4 is 0 Å². The molecule has 108 valence electrons. The van der Waals surface area contributed by atoms with Crippen molar-refractivity contribution in [2.45, 2.75) is 39.5 Å². The molecule has 1 aliphatic heterocycles. The van der Waals surface area contributed by atoms with E-state index in [1.165, 1.54) is 5.56 Å². The van der Waals surface area contributed by atoms with Crippen molar-refractivity contribution >= 4 is 11.4 Å². The Kier molecular flexibility index (Phi) is 4.59. The van der Waals surface area contributed by atoms with Gasteiger partial charge in [0, 0.05) is 0 Å². The molecule has 1 N–H and O–H groups in total. The Labute approximate surface area is 126 Å². The van der Waals surface area contributed by atoms with Crippen LogP contribution in [0.4, 0.5) is 5.69 Å². The first-order chi connectivity index (χ1) is 10.1. The van der Waals surface area contributed by atoms with Gasteiger partial charge in [-0.05, 0) is 55.9 Å². The molecule has 1 heterocycles. The van der Waals surface area contributed by atoms with Crippen LogP contribution in [0.25, 0.3) is 0 Å². The smallest absolute Gasteiger partial charge is 0.101 e. The van der Waals surface area contributed by atoms with Crippen molar-refractivity contribution in [1.82, 2.24) is 0 Å². The highest BCUT2D eigenvalue weighted by molar-refractivity contribution is 6.07. The van der Waals surface area contributed by atoms with E-state index in [0.717, 1.165) is 29.8 Å². The summed E-state index contributed by atoms with van der Waals surface area (Å²) < 4.78 is 0. The number of aliphatic hydroxyl groups is 1. The number of fused-ring (bicyclic) bond motifs is 1. The van der Waals surface area contributed by atoms with Gasteiger partial charge in [-0.25, -0.2) is 0 Å². The summed E-state index contributed by atoms with van der Waals surface area (Å²) in [6.07, 6.45) is 3.40. The van der Waals surface area contributed by atoms with E-state index >= 15 is 0 Å². The van der Waals surface area contributed by atoms with Gasteiger partial charge in [-0.2, -0.15) is 5.26 Å². The summed E-state index contributed by atoms with van der Waals surface area (Å²) in [7, 11) is 0. The highest BCUT2D eigenvalue weighted by Gasteiger charge is 2.23. The minimum absolute atomic E-state index is 0.198. The highest BCUT2D eigenvalue weighted by atomic mass is 16.3. The van der Waals surface area contributed by atoms with Gasteiger partial charge >= 0.3 is 0 Å². The average Bonchev–Trinajstić information content (AvgIpc) is 2.46. The summed E-state index contributed by atoms with van der Waals surface area (Å²) in [4.78, 5) is 4.67. The second-order valence-corrected chi connectivity index (χ2v) is 5.38. The molecule has 0 amide bonds. The molecule has 1 atom stereocenters. The predicted octanol–water partition coefficient (Wildman–Crippen LogP) is 4.96.